The van der Waals surface area contributed by atoms with Gasteiger partial charge in [-0.05, 0) is 18.3 Å². The maximum Gasteiger partial charge on any atom is 0.316 e. The van der Waals surface area contributed by atoms with Crippen molar-refractivity contribution in [1.82, 2.24) is 0 Å². The topological polar surface area (TPSA) is 72.8 Å². The maximum atomic E-state index is 12.8. The van der Waals surface area contributed by atoms with E-state index in [4.69, 9.17) is 4.74 Å². The molecule has 0 bridgehead atoms. The highest BCUT2D eigenvalue weighted by molar-refractivity contribution is 6.26. The van der Waals surface area contributed by atoms with Crippen LogP contribution in [0.25, 0.3) is 0 Å². The minimum absolute atomic E-state index is 0.126. The van der Waals surface area contributed by atoms with Crippen LogP contribution in [0.3, 0.4) is 0 Å². The molecule has 1 aliphatic carbocycles. The van der Waals surface area contributed by atoms with Gasteiger partial charge in [-0.15, -0.1) is 0 Å². The first-order valence-electron chi connectivity index (χ1n) is 7.97. The van der Waals surface area contributed by atoms with Crippen LogP contribution in [0.5, 0.6) is 0 Å². The quantitative estimate of drug-likeness (QED) is 0.429. The van der Waals surface area contributed by atoms with Crippen LogP contribution in [0.15, 0.2) is 4.99 Å². The van der Waals surface area contributed by atoms with Crippen molar-refractivity contribution in [2.24, 2.45) is 22.2 Å². The van der Waals surface area contributed by atoms with Crippen molar-refractivity contribution < 1.29 is 19.1 Å². The van der Waals surface area contributed by atoms with E-state index in [1.54, 1.807) is 13.8 Å². The highest BCUT2D eigenvalue weighted by Crippen LogP contribution is 2.40. The number of carbonyl (C=O) groups is 3. The monoisotopic (exact) mass is 309 g/mol. The number of ether oxygens (including phenoxy) is 1. The standard InChI is InChI=1S/C17H27NO4/c1-6-8-11(18-9-7-2)13-12(19)10-17(3,4)14(15(13)20)16(21)22-5/h13-14H,6-10H2,1-5H3/t13?,14-/m1/s1. The lowest BCUT2D eigenvalue weighted by atomic mass is 9.63. The Kier molecular flexibility index (Phi) is 6.45. The first-order chi connectivity index (χ1) is 10.3. The molecule has 0 aliphatic heterocycles. The van der Waals surface area contributed by atoms with Crippen LogP contribution in [0.4, 0.5) is 0 Å². The molecule has 0 heterocycles. The molecule has 1 saturated carbocycles. The highest BCUT2D eigenvalue weighted by Gasteiger charge is 2.52. The van der Waals surface area contributed by atoms with Gasteiger partial charge in [0.15, 0.2) is 5.78 Å². The zero-order chi connectivity index (χ0) is 16.9. The second kappa shape index (κ2) is 7.65. The third-order valence-electron chi connectivity index (χ3n) is 4.12. The Hall–Kier alpha value is -1.52. The summed E-state index contributed by atoms with van der Waals surface area (Å²) in [5.74, 6) is -2.80. The Morgan fingerprint density at radius 3 is 2.41 bits per heavy atom. The largest absolute Gasteiger partial charge is 0.468 e. The zero-order valence-electron chi connectivity index (χ0n) is 14.3. The fourth-order valence-electron chi connectivity index (χ4n) is 3.09. The molecule has 0 amide bonds. The lowest BCUT2D eigenvalue weighted by Gasteiger charge is -2.38. The molecular formula is C17H27NO4. The number of ketones is 2. The van der Waals surface area contributed by atoms with Crippen molar-refractivity contribution in [3.05, 3.63) is 0 Å². The predicted octanol–water partition coefficient (Wildman–Crippen LogP) is 2.61. The average molecular weight is 309 g/mol. The SMILES string of the molecule is CCCN=C(CCC)C1C(=O)CC(C)(C)[C@@H](C(=O)OC)C1=O. The summed E-state index contributed by atoms with van der Waals surface area (Å²) in [5.41, 5.74) is -0.0800. The van der Waals surface area contributed by atoms with Gasteiger partial charge in [0.25, 0.3) is 0 Å². The van der Waals surface area contributed by atoms with Gasteiger partial charge in [-0.3, -0.25) is 19.4 Å². The summed E-state index contributed by atoms with van der Waals surface area (Å²) in [6.45, 7) is 8.12. The molecule has 124 valence electrons. The zero-order valence-corrected chi connectivity index (χ0v) is 14.3. The number of methoxy groups -OCH3 is 1. The first kappa shape index (κ1) is 18.5. The van der Waals surface area contributed by atoms with Crippen LogP contribution >= 0.6 is 0 Å². The fourth-order valence-corrected chi connectivity index (χ4v) is 3.09. The number of aliphatic imine (C=N–C) groups is 1. The third kappa shape index (κ3) is 3.81. The molecule has 0 aromatic carbocycles. The summed E-state index contributed by atoms with van der Waals surface area (Å²) in [5, 5.41) is 0. The fraction of sp³-hybridized carbons (Fsp3) is 0.765. The molecule has 22 heavy (non-hydrogen) atoms. The highest BCUT2D eigenvalue weighted by atomic mass is 16.5. The van der Waals surface area contributed by atoms with E-state index in [0.29, 0.717) is 18.7 Å². The molecule has 0 radical (unpaired) electrons. The summed E-state index contributed by atoms with van der Waals surface area (Å²) in [6, 6.07) is 0. The molecular weight excluding hydrogens is 282 g/mol. The maximum absolute atomic E-state index is 12.8. The summed E-state index contributed by atoms with van der Waals surface area (Å²) in [6.07, 6.45) is 2.47. The summed E-state index contributed by atoms with van der Waals surface area (Å²) >= 11 is 0. The molecule has 5 heteroatoms. The van der Waals surface area contributed by atoms with Gasteiger partial charge in [-0.1, -0.05) is 34.1 Å². The van der Waals surface area contributed by atoms with Crippen LogP contribution in [-0.4, -0.2) is 36.9 Å². The number of nitrogens with zero attached hydrogens (tertiary/aromatic N) is 1. The minimum Gasteiger partial charge on any atom is -0.468 e. The number of esters is 1. The van der Waals surface area contributed by atoms with E-state index >= 15 is 0 Å². The van der Waals surface area contributed by atoms with Crippen molar-refractivity contribution in [3.63, 3.8) is 0 Å². The van der Waals surface area contributed by atoms with Crippen LogP contribution in [0.2, 0.25) is 0 Å². The Balaban J connectivity index is 3.21. The number of Topliss-reactive ketones (excluding diaryl/α,β-unsaturated/α-hetero) is 2. The summed E-state index contributed by atoms with van der Waals surface area (Å²) < 4.78 is 4.79. The molecule has 1 fully saturated rings. The molecule has 2 atom stereocenters. The first-order valence-corrected chi connectivity index (χ1v) is 7.97. The Bertz CT molecular complexity index is 479. The van der Waals surface area contributed by atoms with Crippen molar-refractivity contribution >= 4 is 23.2 Å². The third-order valence-corrected chi connectivity index (χ3v) is 4.12. The average Bonchev–Trinajstić information content (AvgIpc) is 2.42. The van der Waals surface area contributed by atoms with E-state index in [1.165, 1.54) is 7.11 Å². The van der Waals surface area contributed by atoms with Gasteiger partial charge in [-0.25, -0.2) is 0 Å². The van der Waals surface area contributed by atoms with E-state index in [-0.39, 0.29) is 18.0 Å². The second-order valence-corrected chi connectivity index (χ2v) is 6.55. The van der Waals surface area contributed by atoms with Crippen molar-refractivity contribution in [3.8, 4) is 0 Å². The van der Waals surface area contributed by atoms with Crippen molar-refractivity contribution in [2.75, 3.05) is 13.7 Å². The van der Waals surface area contributed by atoms with E-state index < -0.39 is 23.2 Å². The number of rotatable bonds is 6. The van der Waals surface area contributed by atoms with Crippen LogP contribution in [-0.2, 0) is 19.1 Å². The normalized spacial score (nSPS) is 25.2. The van der Waals surface area contributed by atoms with E-state index in [9.17, 15) is 14.4 Å². The van der Waals surface area contributed by atoms with Crippen LogP contribution in [0, 0.1) is 17.3 Å². The molecule has 1 rings (SSSR count). The van der Waals surface area contributed by atoms with E-state index in [0.717, 1.165) is 12.8 Å². The Morgan fingerprint density at radius 2 is 1.91 bits per heavy atom. The molecule has 0 saturated heterocycles. The minimum atomic E-state index is -0.899. The molecule has 5 nitrogen and oxygen atoms in total. The molecule has 0 aromatic heterocycles. The van der Waals surface area contributed by atoms with Crippen LogP contribution < -0.4 is 0 Å². The van der Waals surface area contributed by atoms with E-state index in [2.05, 4.69) is 4.99 Å². The summed E-state index contributed by atoms with van der Waals surface area (Å²) in [4.78, 5) is 41.8. The van der Waals surface area contributed by atoms with Gasteiger partial charge in [0.05, 0.1) is 7.11 Å². The van der Waals surface area contributed by atoms with Crippen molar-refractivity contribution in [1.29, 1.82) is 0 Å². The van der Waals surface area contributed by atoms with Gasteiger partial charge < -0.3 is 4.74 Å². The van der Waals surface area contributed by atoms with Gasteiger partial charge in [0.2, 0.25) is 0 Å². The summed E-state index contributed by atoms with van der Waals surface area (Å²) in [7, 11) is 1.27. The molecule has 0 aromatic rings. The lowest BCUT2D eigenvalue weighted by molar-refractivity contribution is -0.159. The van der Waals surface area contributed by atoms with Crippen molar-refractivity contribution in [2.45, 2.75) is 53.4 Å². The van der Waals surface area contributed by atoms with E-state index in [1.807, 2.05) is 13.8 Å². The van der Waals surface area contributed by atoms with Gasteiger partial charge in [0.1, 0.15) is 17.6 Å². The van der Waals surface area contributed by atoms with Gasteiger partial charge in [0, 0.05) is 18.7 Å². The van der Waals surface area contributed by atoms with Gasteiger partial charge in [-0.2, -0.15) is 0 Å². The Morgan fingerprint density at radius 1 is 1.27 bits per heavy atom. The molecule has 1 aliphatic rings. The predicted molar refractivity (Wildman–Crippen MR) is 84.9 cm³/mol. The second-order valence-electron chi connectivity index (χ2n) is 6.55. The van der Waals surface area contributed by atoms with Crippen LogP contribution in [0.1, 0.15) is 53.4 Å². The molecule has 0 N–H and O–H groups in total. The smallest absolute Gasteiger partial charge is 0.316 e. The lowest BCUT2D eigenvalue weighted by Crippen LogP contribution is -2.52. The number of hydrogen-bond donors (Lipinski definition) is 0. The Labute approximate surface area is 132 Å². The van der Waals surface area contributed by atoms with Gasteiger partial charge >= 0.3 is 5.97 Å². The molecule has 0 spiro atoms. The molecule has 1 unspecified atom stereocenters. The number of carbonyl (C=O) groups excluding carboxylic acids is 3. The number of hydrogen-bond acceptors (Lipinski definition) is 5.